The van der Waals surface area contributed by atoms with E-state index in [-0.39, 0.29) is 0 Å². The molecule has 0 unspecified atom stereocenters. The maximum Gasteiger partial charge on any atom is 0.0998 e. The molecule has 0 aliphatic heterocycles. The summed E-state index contributed by atoms with van der Waals surface area (Å²) >= 11 is 0. The Morgan fingerprint density at radius 3 is 2.55 bits per heavy atom. The van der Waals surface area contributed by atoms with Gasteiger partial charge in [0.15, 0.2) is 0 Å². The zero-order valence-corrected chi connectivity index (χ0v) is 16.5. The lowest BCUT2D eigenvalue weighted by atomic mass is 9.93. The second kappa shape index (κ2) is 8.08. The second-order valence-corrected chi connectivity index (χ2v) is 7.33. The minimum atomic E-state index is 0.429. The van der Waals surface area contributed by atoms with Gasteiger partial charge in [0, 0.05) is 29.5 Å². The van der Waals surface area contributed by atoms with Crippen LogP contribution >= 0.6 is 0 Å². The summed E-state index contributed by atoms with van der Waals surface area (Å²) in [6.45, 7) is 4.41. The molecule has 140 valence electrons. The quantitative estimate of drug-likeness (QED) is 0.383. The number of nitriles is 1. The van der Waals surface area contributed by atoms with Crippen molar-refractivity contribution in [3.05, 3.63) is 95.9 Å². The predicted molar refractivity (Wildman–Crippen MR) is 119 cm³/mol. The van der Waals surface area contributed by atoms with Gasteiger partial charge in [-0.15, -0.1) is 0 Å². The average molecular weight is 375 g/mol. The van der Waals surface area contributed by atoms with Crippen molar-refractivity contribution in [1.29, 1.82) is 5.26 Å². The third-order valence-corrected chi connectivity index (χ3v) is 5.01. The lowest BCUT2D eigenvalue weighted by Gasteiger charge is -2.13. The number of aromatic nitrogens is 2. The number of hydrogen-bond donors (Lipinski definition) is 0. The third-order valence-electron chi connectivity index (χ3n) is 5.01. The van der Waals surface area contributed by atoms with Gasteiger partial charge in [0.25, 0.3) is 0 Å². The summed E-state index contributed by atoms with van der Waals surface area (Å²) in [7, 11) is 0. The Labute approximate surface area is 171 Å². The Kier molecular flexibility index (Phi) is 5.18. The molecule has 2 aromatic carbocycles. The Balaban J connectivity index is 1.84. The topological polar surface area (TPSA) is 49.6 Å². The molecule has 29 heavy (non-hydrogen) atoms. The molecule has 0 bridgehead atoms. The summed E-state index contributed by atoms with van der Waals surface area (Å²) in [5.41, 5.74) is 6.95. The van der Waals surface area contributed by atoms with Crippen LogP contribution < -0.4 is 0 Å². The van der Waals surface area contributed by atoms with Crippen molar-refractivity contribution in [1.82, 2.24) is 9.97 Å². The summed E-state index contributed by atoms with van der Waals surface area (Å²) in [5.74, 6) is 0.429. The van der Waals surface area contributed by atoms with Crippen LogP contribution in [0.4, 0.5) is 0 Å². The molecule has 0 atom stereocenters. The molecule has 0 aliphatic rings. The highest BCUT2D eigenvalue weighted by molar-refractivity contribution is 5.95. The lowest BCUT2D eigenvalue weighted by molar-refractivity contribution is 0.869. The maximum absolute atomic E-state index is 9.62. The predicted octanol–water partition coefficient (Wildman–Crippen LogP) is 6.48. The zero-order valence-electron chi connectivity index (χ0n) is 16.5. The molecule has 2 aromatic heterocycles. The molecule has 0 aliphatic carbocycles. The fourth-order valence-corrected chi connectivity index (χ4v) is 3.44. The van der Waals surface area contributed by atoms with Gasteiger partial charge in [0.2, 0.25) is 0 Å². The zero-order chi connectivity index (χ0) is 20.2. The Bertz CT molecular complexity index is 1230. The summed E-state index contributed by atoms with van der Waals surface area (Å²) in [6, 6.07) is 22.8. The van der Waals surface area contributed by atoms with Gasteiger partial charge in [-0.05, 0) is 70.6 Å². The molecule has 0 fully saturated rings. The van der Waals surface area contributed by atoms with Crippen molar-refractivity contribution in [2.24, 2.45) is 0 Å². The van der Waals surface area contributed by atoms with Gasteiger partial charge in [-0.1, -0.05) is 38.1 Å². The Morgan fingerprint density at radius 2 is 1.79 bits per heavy atom. The molecule has 3 heteroatoms. The lowest BCUT2D eigenvalue weighted by Crippen LogP contribution is -1.92. The summed E-state index contributed by atoms with van der Waals surface area (Å²) in [4.78, 5) is 8.67. The van der Waals surface area contributed by atoms with Crippen LogP contribution in [-0.4, -0.2) is 9.97 Å². The van der Waals surface area contributed by atoms with E-state index < -0.39 is 0 Å². The van der Waals surface area contributed by atoms with Crippen molar-refractivity contribution in [3.63, 3.8) is 0 Å². The highest BCUT2D eigenvalue weighted by Crippen LogP contribution is 2.32. The van der Waals surface area contributed by atoms with E-state index in [0.29, 0.717) is 11.5 Å². The van der Waals surface area contributed by atoms with E-state index in [1.54, 1.807) is 12.4 Å². The molecular weight excluding hydrogens is 354 g/mol. The molecule has 3 nitrogen and oxygen atoms in total. The molecule has 0 N–H and O–H groups in total. The largest absolute Gasteiger partial charge is 0.265 e. The number of rotatable bonds is 4. The fraction of sp³-hybridized carbons (Fsp3) is 0.115. The fourth-order valence-electron chi connectivity index (χ4n) is 3.44. The highest BCUT2D eigenvalue weighted by Gasteiger charge is 2.10. The van der Waals surface area contributed by atoms with E-state index in [9.17, 15) is 5.26 Å². The first-order chi connectivity index (χ1) is 14.2. The smallest absolute Gasteiger partial charge is 0.0998 e. The van der Waals surface area contributed by atoms with Crippen LogP contribution in [0.15, 0.2) is 79.3 Å². The van der Waals surface area contributed by atoms with Gasteiger partial charge in [0.05, 0.1) is 17.2 Å². The molecule has 2 heterocycles. The second-order valence-electron chi connectivity index (χ2n) is 7.33. The minimum absolute atomic E-state index is 0.429. The molecular formula is C26H21N3. The van der Waals surface area contributed by atoms with E-state index in [0.717, 1.165) is 33.2 Å². The van der Waals surface area contributed by atoms with Crippen LogP contribution in [0.25, 0.3) is 33.7 Å². The van der Waals surface area contributed by atoms with Crippen LogP contribution in [0.1, 0.15) is 36.5 Å². The number of fused-ring (bicyclic) bond motifs is 1. The Hall–Kier alpha value is -3.77. The molecule has 4 rings (SSSR count). The van der Waals surface area contributed by atoms with E-state index in [1.165, 1.54) is 5.56 Å². The summed E-state index contributed by atoms with van der Waals surface area (Å²) < 4.78 is 0. The number of pyridine rings is 2. The van der Waals surface area contributed by atoms with Crippen molar-refractivity contribution in [2.75, 3.05) is 0 Å². The van der Waals surface area contributed by atoms with Gasteiger partial charge in [-0.25, -0.2) is 0 Å². The normalized spacial score (nSPS) is 11.6. The molecule has 0 saturated carbocycles. The van der Waals surface area contributed by atoms with Crippen LogP contribution in [0, 0.1) is 11.3 Å². The minimum Gasteiger partial charge on any atom is -0.265 e. The van der Waals surface area contributed by atoms with E-state index >= 15 is 0 Å². The van der Waals surface area contributed by atoms with Gasteiger partial charge in [-0.3, -0.25) is 9.97 Å². The molecule has 0 radical (unpaired) electrons. The number of benzene rings is 2. The standard InChI is InChI=1S/C26H21N3/c1-18(2)23-15-22-7-4-10-29-26(22)25(16-23)21-6-3-5-19(13-21)14-24(17-27)20-8-11-28-12-9-20/h3-16,18H,1-2H3. The van der Waals surface area contributed by atoms with Crippen molar-refractivity contribution >= 4 is 22.6 Å². The summed E-state index contributed by atoms with van der Waals surface area (Å²) in [6.07, 6.45) is 7.15. The number of nitrogens with zero attached hydrogens (tertiary/aromatic N) is 3. The third kappa shape index (κ3) is 3.93. The van der Waals surface area contributed by atoms with Crippen LogP contribution in [-0.2, 0) is 0 Å². The van der Waals surface area contributed by atoms with Gasteiger partial charge in [0.1, 0.15) is 0 Å². The first-order valence-electron chi connectivity index (χ1n) is 9.67. The monoisotopic (exact) mass is 375 g/mol. The van der Waals surface area contributed by atoms with Crippen molar-refractivity contribution in [2.45, 2.75) is 19.8 Å². The molecule has 4 aromatic rings. The first kappa shape index (κ1) is 18.6. The maximum atomic E-state index is 9.62. The number of allylic oxidation sites excluding steroid dienone is 1. The van der Waals surface area contributed by atoms with E-state index in [2.05, 4.69) is 60.2 Å². The van der Waals surface area contributed by atoms with Gasteiger partial charge in [-0.2, -0.15) is 5.26 Å². The van der Waals surface area contributed by atoms with Gasteiger partial charge < -0.3 is 0 Å². The number of hydrogen-bond acceptors (Lipinski definition) is 3. The van der Waals surface area contributed by atoms with E-state index in [4.69, 9.17) is 0 Å². The first-order valence-corrected chi connectivity index (χ1v) is 9.67. The van der Waals surface area contributed by atoms with Crippen molar-refractivity contribution in [3.8, 4) is 17.2 Å². The Morgan fingerprint density at radius 1 is 0.966 bits per heavy atom. The molecule has 0 saturated heterocycles. The molecule has 0 amide bonds. The SMILES string of the molecule is CC(C)c1cc(-c2cccc(C=C(C#N)c3ccncc3)c2)c2ncccc2c1. The van der Waals surface area contributed by atoms with Crippen LogP contribution in [0.3, 0.4) is 0 Å². The highest BCUT2D eigenvalue weighted by atomic mass is 14.6. The van der Waals surface area contributed by atoms with E-state index in [1.807, 2.05) is 42.6 Å². The van der Waals surface area contributed by atoms with Crippen LogP contribution in [0.5, 0.6) is 0 Å². The van der Waals surface area contributed by atoms with Crippen molar-refractivity contribution < 1.29 is 0 Å². The average Bonchev–Trinajstić information content (AvgIpc) is 2.77. The summed E-state index contributed by atoms with van der Waals surface area (Å²) in [5, 5.41) is 10.8. The molecule has 0 spiro atoms. The van der Waals surface area contributed by atoms with Gasteiger partial charge >= 0.3 is 0 Å². The van der Waals surface area contributed by atoms with Crippen LogP contribution in [0.2, 0.25) is 0 Å².